The van der Waals surface area contributed by atoms with Crippen molar-refractivity contribution in [1.82, 2.24) is 0 Å². The molecular formula is C18H14F2I2O7. The van der Waals surface area contributed by atoms with Gasteiger partial charge < -0.3 is 19.3 Å². The zero-order valence-electron chi connectivity index (χ0n) is 14.7. The Hall–Kier alpha value is -1.25. The fourth-order valence-electron chi connectivity index (χ4n) is 4.48. The maximum atomic E-state index is 13.3. The van der Waals surface area contributed by atoms with Gasteiger partial charge in [-0.25, -0.2) is 4.79 Å². The zero-order valence-corrected chi connectivity index (χ0v) is 19.0. The molecule has 156 valence electrons. The number of alkyl halides is 2. The normalized spacial score (nSPS) is 32.2. The van der Waals surface area contributed by atoms with Gasteiger partial charge in [-0.05, 0) is 63.7 Å². The molecule has 29 heavy (non-hydrogen) atoms. The van der Waals surface area contributed by atoms with Crippen molar-refractivity contribution < 1.29 is 42.5 Å². The van der Waals surface area contributed by atoms with Gasteiger partial charge in [0.1, 0.15) is 23.7 Å². The van der Waals surface area contributed by atoms with Crippen LogP contribution in [-0.4, -0.2) is 41.1 Å². The number of ether oxygens (including phenoxy) is 3. The van der Waals surface area contributed by atoms with Crippen molar-refractivity contribution in [2.24, 2.45) is 23.7 Å². The third-order valence-electron chi connectivity index (χ3n) is 5.63. The number of halogens is 4. The number of hydrogen-bond donors (Lipinski definition) is 1. The number of fused-ring (bicyclic) bond motifs is 1. The SMILES string of the molecule is CC(F)(F)C(=O)OC1C2CC3C1OC(=O)C3C2C(=O)Oc1cc(I)c(O)c(I)c1. The molecule has 0 radical (unpaired) electrons. The standard InChI is InChI=1S/C18H14F2I2O7/c1-18(19,20)17(26)29-14-7-4-6-11(16(25)28-13(6)14)10(7)15(24)27-5-2-8(21)12(23)9(22)3-5/h2-3,6-7,10-11,13-14,23H,4H2,1H3. The second-order valence-corrected chi connectivity index (χ2v) is 9.76. The van der Waals surface area contributed by atoms with Crippen LogP contribution in [0.3, 0.4) is 0 Å². The molecule has 1 N–H and O–H groups in total. The molecule has 1 heterocycles. The van der Waals surface area contributed by atoms with Crippen LogP contribution in [0.25, 0.3) is 0 Å². The van der Waals surface area contributed by atoms with E-state index < -0.39 is 53.8 Å². The molecule has 0 aromatic heterocycles. The first kappa shape index (κ1) is 21.0. The van der Waals surface area contributed by atoms with Crippen LogP contribution in [0.2, 0.25) is 0 Å². The van der Waals surface area contributed by atoms with Gasteiger partial charge in [0.25, 0.3) is 0 Å². The lowest BCUT2D eigenvalue weighted by Gasteiger charge is -2.30. The lowest BCUT2D eigenvalue weighted by Crippen LogP contribution is -2.46. The van der Waals surface area contributed by atoms with Crippen LogP contribution in [0.15, 0.2) is 12.1 Å². The summed E-state index contributed by atoms with van der Waals surface area (Å²) in [7, 11) is 0. The molecule has 0 amide bonds. The maximum absolute atomic E-state index is 13.3. The Morgan fingerprint density at radius 1 is 1.24 bits per heavy atom. The quantitative estimate of drug-likeness (QED) is 0.309. The van der Waals surface area contributed by atoms with Crippen molar-refractivity contribution in [2.75, 3.05) is 0 Å². The molecule has 0 spiro atoms. The third-order valence-corrected chi connectivity index (χ3v) is 7.27. The molecule has 7 nitrogen and oxygen atoms in total. The van der Waals surface area contributed by atoms with E-state index in [4.69, 9.17) is 14.2 Å². The molecule has 2 aliphatic carbocycles. The lowest BCUT2D eigenvalue weighted by molar-refractivity contribution is -0.185. The summed E-state index contributed by atoms with van der Waals surface area (Å²) in [6.07, 6.45) is -1.58. The summed E-state index contributed by atoms with van der Waals surface area (Å²) in [6, 6.07) is 2.93. The van der Waals surface area contributed by atoms with Crippen molar-refractivity contribution in [3.05, 3.63) is 19.3 Å². The van der Waals surface area contributed by atoms with Crippen molar-refractivity contribution >= 4 is 63.1 Å². The summed E-state index contributed by atoms with van der Waals surface area (Å²) < 4.78 is 43.2. The molecular weight excluding hydrogens is 620 g/mol. The van der Waals surface area contributed by atoms with E-state index in [1.54, 1.807) is 0 Å². The molecule has 4 rings (SSSR count). The number of benzene rings is 1. The first-order valence-electron chi connectivity index (χ1n) is 8.68. The highest BCUT2D eigenvalue weighted by molar-refractivity contribution is 14.1. The van der Waals surface area contributed by atoms with Gasteiger partial charge in [-0.1, -0.05) is 0 Å². The van der Waals surface area contributed by atoms with Crippen LogP contribution in [0.1, 0.15) is 13.3 Å². The molecule has 1 aromatic rings. The molecule has 11 heteroatoms. The van der Waals surface area contributed by atoms with Crippen LogP contribution in [0.5, 0.6) is 11.5 Å². The Morgan fingerprint density at radius 2 is 1.86 bits per heavy atom. The Balaban J connectivity index is 1.58. The molecule has 1 aliphatic heterocycles. The zero-order chi connectivity index (χ0) is 21.2. The molecule has 1 aromatic carbocycles. The van der Waals surface area contributed by atoms with Gasteiger partial charge in [0.15, 0.2) is 0 Å². The van der Waals surface area contributed by atoms with Gasteiger partial charge in [0.05, 0.1) is 19.0 Å². The number of carbonyl (C=O) groups is 3. The van der Waals surface area contributed by atoms with Gasteiger partial charge >= 0.3 is 23.8 Å². The van der Waals surface area contributed by atoms with Crippen molar-refractivity contribution in [2.45, 2.75) is 31.5 Å². The fourth-order valence-corrected chi connectivity index (χ4v) is 6.19. The van der Waals surface area contributed by atoms with Crippen molar-refractivity contribution in [1.29, 1.82) is 0 Å². The number of rotatable bonds is 4. The second kappa shape index (κ2) is 7.17. The van der Waals surface area contributed by atoms with Crippen LogP contribution in [0, 0.1) is 30.8 Å². The highest BCUT2D eigenvalue weighted by Crippen LogP contribution is 2.59. The van der Waals surface area contributed by atoms with Gasteiger partial charge in [0, 0.05) is 18.8 Å². The fraction of sp³-hybridized carbons (Fsp3) is 0.500. The summed E-state index contributed by atoms with van der Waals surface area (Å²) in [6.45, 7) is 0.422. The van der Waals surface area contributed by atoms with Gasteiger partial charge in [-0.15, -0.1) is 0 Å². The topological polar surface area (TPSA) is 99.1 Å². The predicted molar refractivity (Wildman–Crippen MR) is 108 cm³/mol. The smallest absolute Gasteiger partial charge is 0.377 e. The van der Waals surface area contributed by atoms with E-state index in [0.29, 0.717) is 20.5 Å². The molecule has 6 atom stereocenters. The van der Waals surface area contributed by atoms with Crippen molar-refractivity contribution in [3.8, 4) is 11.5 Å². The van der Waals surface area contributed by atoms with Gasteiger partial charge in [-0.3, -0.25) is 9.59 Å². The minimum atomic E-state index is -3.70. The Labute approximate surface area is 190 Å². The van der Waals surface area contributed by atoms with E-state index in [-0.39, 0.29) is 17.4 Å². The molecule has 3 aliphatic rings. The number of phenolic OH excluding ortho intramolecular Hbond substituents is 1. The summed E-state index contributed by atoms with van der Waals surface area (Å²) >= 11 is 3.77. The molecule has 6 unspecified atom stereocenters. The van der Waals surface area contributed by atoms with Crippen LogP contribution >= 0.6 is 45.2 Å². The number of phenols is 1. The molecule has 2 saturated carbocycles. The van der Waals surface area contributed by atoms with E-state index in [0.717, 1.165) is 0 Å². The maximum Gasteiger partial charge on any atom is 0.377 e. The summed E-state index contributed by atoms with van der Waals surface area (Å²) in [5.41, 5.74) is 0. The number of aromatic hydroxyl groups is 1. The number of carbonyl (C=O) groups excluding carboxylic acids is 3. The van der Waals surface area contributed by atoms with Gasteiger partial charge in [0.2, 0.25) is 0 Å². The Bertz CT molecular complexity index is 893. The van der Waals surface area contributed by atoms with E-state index in [1.165, 1.54) is 12.1 Å². The summed E-state index contributed by atoms with van der Waals surface area (Å²) in [4.78, 5) is 36.8. The monoisotopic (exact) mass is 634 g/mol. The van der Waals surface area contributed by atoms with E-state index in [9.17, 15) is 28.3 Å². The Morgan fingerprint density at radius 3 is 2.45 bits per heavy atom. The number of hydrogen-bond acceptors (Lipinski definition) is 7. The minimum Gasteiger partial charge on any atom is -0.506 e. The van der Waals surface area contributed by atoms with Crippen molar-refractivity contribution in [3.63, 3.8) is 0 Å². The van der Waals surface area contributed by atoms with Gasteiger partial charge in [-0.2, -0.15) is 8.78 Å². The average Bonchev–Trinajstić information content (AvgIpc) is 3.22. The Kier molecular flexibility index (Phi) is 5.19. The predicted octanol–water partition coefficient (Wildman–Crippen LogP) is 2.88. The molecule has 1 saturated heterocycles. The van der Waals surface area contributed by atoms with Crippen LogP contribution in [0.4, 0.5) is 8.78 Å². The number of esters is 3. The highest BCUT2D eigenvalue weighted by Gasteiger charge is 2.70. The lowest BCUT2D eigenvalue weighted by atomic mass is 9.78. The van der Waals surface area contributed by atoms with E-state index in [2.05, 4.69) is 0 Å². The largest absolute Gasteiger partial charge is 0.506 e. The molecule has 2 bridgehead atoms. The van der Waals surface area contributed by atoms with Crippen LogP contribution < -0.4 is 4.74 Å². The summed E-state index contributed by atoms with van der Waals surface area (Å²) in [5.74, 6) is -9.24. The average molecular weight is 634 g/mol. The van der Waals surface area contributed by atoms with E-state index >= 15 is 0 Å². The third kappa shape index (κ3) is 3.47. The second-order valence-electron chi connectivity index (χ2n) is 7.43. The first-order valence-corrected chi connectivity index (χ1v) is 10.8. The minimum absolute atomic E-state index is 0.0561. The highest BCUT2D eigenvalue weighted by atomic mass is 127. The van der Waals surface area contributed by atoms with E-state index in [1.807, 2.05) is 45.2 Å². The summed E-state index contributed by atoms with van der Waals surface area (Å²) in [5, 5.41) is 9.84. The first-order chi connectivity index (χ1) is 13.5. The van der Waals surface area contributed by atoms with Crippen LogP contribution in [-0.2, 0) is 23.9 Å². The molecule has 3 fully saturated rings.